The van der Waals surface area contributed by atoms with E-state index in [-0.39, 0.29) is 17.5 Å². The number of aryl methyl sites for hydroxylation is 2. The van der Waals surface area contributed by atoms with Crippen molar-refractivity contribution >= 4 is 11.6 Å². The molecule has 2 rings (SSSR count). The number of aromatic nitrogens is 2. The van der Waals surface area contributed by atoms with Gasteiger partial charge in [0.25, 0.3) is 5.56 Å². The van der Waals surface area contributed by atoms with Crippen LogP contribution in [0.4, 0.5) is 4.39 Å². The largest absolute Gasteiger partial charge is 0.329 e. The summed E-state index contributed by atoms with van der Waals surface area (Å²) in [4.78, 5) is 25.6. The van der Waals surface area contributed by atoms with Gasteiger partial charge in [0.05, 0.1) is 0 Å². The molecule has 19 heavy (non-hydrogen) atoms. The second-order valence-electron chi connectivity index (χ2n) is 4.23. The van der Waals surface area contributed by atoms with Crippen LogP contribution in [0.2, 0.25) is 5.15 Å². The molecular formula is C13H12ClFN2O2. The lowest BCUT2D eigenvalue weighted by molar-refractivity contribution is 0.614. The average molecular weight is 283 g/mol. The molecule has 100 valence electrons. The van der Waals surface area contributed by atoms with Gasteiger partial charge in [0.15, 0.2) is 0 Å². The van der Waals surface area contributed by atoms with Crippen molar-refractivity contribution in [3.63, 3.8) is 0 Å². The van der Waals surface area contributed by atoms with Gasteiger partial charge in [0.2, 0.25) is 0 Å². The zero-order valence-corrected chi connectivity index (χ0v) is 11.0. The Kier molecular flexibility index (Phi) is 3.85. The lowest BCUT2D eigenvalue weighted by Gasteiger charge is -2.07. The van der Waals surface area contributed by atoms with E-state index in [1.54, 1.807) is 13.0 Å². The molecule has 0 radical (unpaired) electrons. The van der Waals surface area contributed by atoms with Crippen LogP contribution in [0.1, 0.15) is 11.1 Å². The van der Waals surface area contributed by atoms with Gasteiger partial charge in [-0.25, -0.2) is 9.18 Å². The molecule has 1 aromatic carbocycles. The molecule has 1 aromatic heterocycles. The van der Waals surface area contributed by atoms with Crippen molar-refractivity contribution in [2.24, 2.45) is 0 Å². The molecule has 0 saturated carbocycles. The summed E-state index contributed by atoms with van der Waals surface area (Å²) < 4.78 is 14.0. The van der Waals surface area contributed by atoms with Gasteiger partial charge in [-0.05, 0) is 36.6 Å². The van der Waals surface area contributed by atoms with E-state index in [0.29, 0.717) is 6.42 Å². The van der Waals surface area contributed by atoms with E-state index in [0.717, 1.165) is 21.8 Å². The second-order valence-corrected chi connectivity index (χ2v) is 4.64. The van der Waals surface area contributed by atoms with E-state index in [9.17, 15) is 14.0 Å². The maximum atomic E-state index is 13.0. The summed E-state index contributed by atoms with van der Waals surface area (Å²) in [6.45, 7) is 2.01. The Hall–Kier alpha value is -1.88. The first-order chi connectivity index (χ1) is 8.97. The van der Waals surface area contributed by atoms with Crippen molar-refractivity contribution < 1.29 is 4.39 Å². The fourth-order valence-electron chi connectivity index (χ4n) is 1.88. The van der Waals surface area contributed by atoms with Gasteiger partial charge in [-0.3, -0.25) is 14.3 Å². The molecule has 0 unspecified atom stereocenters. The first kappa shape index (κ1) is 13.5. The molecule has 0 saturated heterocycles. The van der Waals surface area contributed by atoms with E-state index in [1.807, 2.05) is 0 Å². The molecule has 0 fully saturated rings. The molecule has 0 amide bonds. The number of nitrogens with one attached hydrogen (secondary N) is 1. The van der Waals surface area contributed by atoms with E-state index in [4.69, 9.17) is 11.6 Å². The minimum Gasteiger partial charge on any atom is -0.298 e. The number of hydrogen-bond acceptors (Lipinski definition) is 2. The topological polar surface area (TPSA) is 54.9 Å². The summed E-state index contributed by atoms with van der Waals surface area (Å²) in [6.07, 6.45) is 0.469. The Morgan fingerprint density at radius 2 is 2.05 bits per heavy atom. The maximum Gasteiger partial charge on any atom is 0.329 e. The first-order valence-corrected chi connectivity index (χ1v) is 6.10. The normalized spacial score (nSPS) is 10.7. The molecule has 2 aromatic rings. The molecule has 6 heteroatoms. The zero-order valence-electron chi connectivity index (χ0n) is 10.2. The minimum atomic E-state index is -0.544. The van der Waals surface area contributed by atoms with Gasteiger partial charge < -0.3 is 0 Å². The molecule has 0 spiro atoms. The predicted molar refractivity (Wildman–Crippen MR) is 71.2 cm³/mol. The number of H-pyrrole nitrogens is 1. The number of rotatable bonds is 3. The highest BCUT2D eigenvalue weighted by Gasteiger charge is 2.05. The van der Waals surface area contributed by atoms with Crippen LogP contribution >= 0.6 is 11.6 Å². The molecule has 0 bridgehead atoms. The summed E-state index contributed by atoms with van der Waals surface area (Å²) in [6, 6.07) is 5.59. The molecule has 0 aliphatic carbocycles. The maximum absolute atomic E-state index is 13.0. The molecular weight excluding hydrogens is 271 g/mol. The van der Waals surface area contributed by atoms with Crippen LogP contribution in [0.3, 0.4) is 0 Å². The van der Waals surface area contributed by atoms with Gasteiger partial charge in [-0.2, -0.15) is 0 Å². The van der Waals surface area contributed by atoms with E-state index >= 15 is 0 Å². The fourth-order valence-corrected chi connectivity index (χ4v) is 2.05. The summed E-state index contributed by atoms with van der Waals surface area (Å²) in [5.41, 5.74) is 0.687. The van der Waals surface area contributed by atoms with Crippen LogP contribution in [-0.2, 0) is 13.0 Å². The van der Waals surface area contributed by atoms with Crippen molar-refractivity contribution in [2.45, 2.75) is 19.9 Å². The van der Waals surface area contributed by atoms with Crippen LogP contribution in [0, 0.1) is 12.7 Å². The highest BCUT2D eigenvalue weighted by molar-refractivity contribution is 6.29. The van der Waals surface area contributed by atoms with Crippen molar-refractivity contribution in [3.8, 4) is 0 Å². The molecule has 0 aliphatic heterocycles. The third-order valence-corrected chi connectivity index (χ3v) is 3.10. The summed E-state index contributed by atoms with van der Waals surface area (Å²) in [5.74, 6) is -0.303. The predicted octanol–water partition coefficient (Wildman–Crippen LogP) is 1.88. The van der Waals surface area contributed by atoms with Crippen LogP contribution in [0.25, 0.3) is 0 Å². The first-order valence-electron chi connectivity index (χ1n) is 5.72. The SMILES string of the molecule is Cc1cc(F)ccc1CCn1c(=O)cc(Cl)[nH]c1=O. The Bertz CT molecular complexity index is 690. The zero-order chi connectivity index (χ0) is 14.0. The third kappa shape index (κ3) is 3.12. The molecule has 1 heterocycles. The highest BCUT2D eigenvalue weighted by Crippen LogP contribution is 2.11. The van der Waals surface area contributed by atoms with Crippen molar-refractivity contribution in [2.75, 3.05) is 0 Å². The molecule has 0 aliphatic rings. The standard InChI is InChI=1S/C13H12ClFN2O2/c1-8-6-10(15)3-2-9(8)4-5-17-12(18)7-11(14)16-13(17)19/h2-3,6-7H,4-5H2,1H3,(H,16,19). The summed E-state index contributed by atoms with van der Waals surface area (Å²) in [5, 5.41) is 0.0178. The Balaban J connectivity index is 2.24. The van der Waals surface area contributed by atoms with Crippen LogP contribution in [-0.4, -0.2) is 9.55 Å². The monoisotopic (exact) mass is 282 g/mol. The van der Waals surface area contributed by atoms with Gasteiger partial charge in [-0.1, -0.05) is 17.7 Å². The summed E-state index contributed by atoms with van der Waals surface area (Å²) >= 11 is 5.57. The smallest absolute Gasteiger partial charge is 0.298 e. The van der Waals surface area contributed by atoms with Crippen LogP contribution < -0.4 is 11.2 Å². The average Bonchev–Trinajstić information content (AvgIpc) is 2.30. The Labute approximate surface area is 113 Å². The van der Waals surface area contributed by atoms with Crippen LogP contribution in [0.5, 0.6) is 0 Å². The second kappa shape index (κ2) is 5.40. The number of halogens is 2. The number of benzene rings is 1. The Morgan fingerprint density at radius 3 is 2.68 bits per heavy atom. The highest BCUT2D eigenvalue weighted by atomic mass is 35.5. The molecule has 4 nitrogen and oxygen atoms in total. The lowest BCUT2D eigenvalue weighted by atomic mass is 10.1. The minimum absolute atomic E-state index is 0.0178. The quantitative estimate of drug-likeness (QED) is 0.874. The number of hydrogen-bond donors (Lipinski definition) is 1. The van der Waals surface area contributed by atoms with Gasteiger partial charge in [0.1, 0.15) is 11.0 Å². The number of aromatic amines is 1. The van der Waals surface area contributed by atoms with E-state index in [1.165, 1.54) is 12.1 Å². The van der Waals surface area contributed by atoms with Gasteiger partial charge >= 0.3 is 5.69 Å². The van der Waals surface area contributed by atoms with Crippen molar-refractivity contribution in [1.29, 1.82) is 0 Å². The number of nitrogens with zero attached hydrogens (tertiary/aromatic N) is 1. The molecule has 1 N–H and O–H groups in total. The van der Waals surface area contributed by atoms with E-state index < -0.39 is 11.2 Å². The fraction of sp³-hybridized carbons (Fsp3) is 0.231. The third-order valence-electron chi connectivity index (χ3n) is 2.90. The Morgan fingerprint density at radius 1 is 1.32 bits per heavy atom. The lowest BCUT2D eigenvalue weighted by Crippen LogP contribution is -2.35. The van der Waals surface area contributed by atoms with Crippen LogP contribution in [0.15, 0.2) is 33.9 Å². The van der Waals surface area contributed by atoms with Gasteiger partial charge in [-0.15, -0.1) is 0 Å². The van der Waals surface area contributed by atoms with E-state index in [2.05, 4.69) is 4.98 Å². The van der Waals surface area contributed by atoms with Crippen molar-refractivity contribution in [1.82, 2.24) is 9.55 Å². The van der Waals surface area contributed by atoms with Crippen molar-refractivity contribution in [3.05, 3.63) is 67.2 Å². The summed E-state index contributed by atoms with van der Waals surface area (Å²) in [7, 11) is 0. The van der Waals surface area contributed by atoms with Gasteiger partial charge in [0, 0.05) is 12.6 Å². The molecule has 0 atom stereocenters.